The summed E-state index contributed by atoms with van der Waals surface area (Å²) in [5.41, 5.74) is 4.44. The lowest BCUT2D eigenvalue weighted by Crippen LogP contribution is -2.47. The Morgan fingerprint density at radius 1 is 0.500 bits per heavy atom. The van der Waals surface area contributed by atoms with Gasteiger partial charge < -0.3 is 0 Å². The molecule has 166 valence electrons. The minimum atomic E-state index is -0.623. The fraction of sp³-hybridized carbons (Fsp3) is 0.133. The summed E-state index contributed by atoms with van der Waals surface area (Å²) in [4.78, 5) is 29.1. The Morgan fingerprint density at radius 2 is 0.853 bits per heavy atom. The molecule has 0 spiro atoms. The summed E-state index contributed by atoms with van der Waals surface area (Å²) in [6.45, 7) is 4.48. The highest BCUT2D eigenvalue weighted by molar-refractivity contribution is 5.61. The summed E-state index contributed by atoms with van der Waals surface area (Å²) in [6, 6.07) is 36.2. The van der Waals surface area contributed by atoms with Crippen LogP contribution in [0.15, 0.2) is 119 Å². The summed E-state index contributed by atoms with van der Waals surface area (Å²) < 4.78 is 0. The number of carbonyl (C=O) groups excluding carboxylic acids is 2. The first-order valence-electron chi connectivity index (χ1n) is 11.0. The molecule has 0 saturated carbocycles. The first kappa shape index (κ1) is 22.8. The Kier molecular flexibility index (Phi) is 6.47. The maximum atomic E-state index is 10.8. The minimum absolute atomic E-state index is 0.416. The lowest BCUT2D eigenvalue weighted by Gasteiger charge is -2.49. The third-order valence-corrected chi connectivity index (χ3v) is 6.59. The van der Waals surface area contributed by atoms with Crippen LogP contribution in [0.4, 0.5) is 11.4 Å². The molecule has 4 nitrogen and oxygen atoms in total. The van der Waals surface area contributed by atoms with Crippen LogP contribution in [-0.2, 0) is 20.4 Å². The summed E-state index contributed by atoms with van der Waals surface area (Å²) in [5, 5.41) is 0. The average molecular weight is 445 g/mol. The molecule has 4 rings (SSSR count). The van der Waals surface area contributed by atoms with Crippen LogP contribution in [0.3, 0.4) is 0 Å². The van der Waals surface area contributed by atoms with Crippen LogP contribution in [0.2, 0.25) is 0 Å². The van der Waals surface area contributed by atoms with E-state index in [1.807, 2.05) is 72.8 Å². The van der Waals surface area contributed by atoms with Crippen molar-refractivity contribution >= 4 is 23.5 Å². The third-order valence-electron chi connectivity index (χ3n) is 6.59. The van der Waals surface area contributed by atoms with E-state index in [1.165, 1.54) is 5.56 Å². The van der Waals surface area contributed by atoms with Crippen molar-refractivity contribution in [3.8, 4) is 0 Å². The molecule has 0 bridgehead atoms. The van der Waals surface area contributed by atoms with E-state index in [-0.39, 0.29) is 0 Å². The second-order valence-corrected chi connectivity index (χ2v) is 8.61. The van der Waals surface area contributed by atoms with Crippen LogP contribution < -0.4 is 0 Å². The topological polar surface area (TPSA) is 58.9 Å². The Morgan fingerprint density at radius 3 is 1.24 bits per heavy atom. The SMILES string of the molecule is CC(C)(c1ccccc1)C(c1ccccc1)(c1ccc(N=C=O)cc1)c1ccc(N=C=O)cc1. The number of nitrogens with zero attached hydrogens (tertiary/aromatic N) is 2. The van der Waals surface area contributed by atoms with Gasteiger partial charge in [0.15, 0.2) is 0 Å². The monoisotopic (exact) mass is 444 g/mol. The summed E-state index contributed by atoms with van der Waals surface area (Å²) in [6.07, 6.45) is 3.23. The lowest BCUT2D eigenvalue weighted by molar-refractivity contribution is 0.357. The number of aliphatic imine (C=N–C) groups is 2. The van der Waals surface area contributed by atoms with Crippen LogP contribution in [0.5, 0.6) is 0 Å². The maximum Gasteiger partial charge on any atom is 0.240 e. The minimum Gasteiger partial charge on any atom is -0.211 e. The largest absolute Gasteiger partial charge is 0.240 e. The molecule has 0 unspecified atom stereocenters. The summed E-state index contributed by atoms with van der Waals surface area (Å²) in [5.74, 6) is 0. The van der Waals surface area contributed by atoms with Crippen molar-refractivity contribution in [3.63, 3.8) is 0 Å². The van der Waals surface area contributed by atoms with E-state index in [2.05, 4.69) is 60.2 Å². The van der Waals surface area contributed by atoms with E-state index < -0.39 is 10.8 Å². The number of isocyanates is 2. The van der Waals surface area contributed by atoms with E-state index in [9.17, 15) is 9.59 Å². The van der Waals surface area contributed by atoms with Gasteiger partial charge in [0.05, 0.1) is 16.8 Å². The maximum absolute atomic E-state index is 10.8. The highest BCUT2D eigenvalue weighted by atomic mass is 16.1. The van der Waals surface area contributed by atoms with Crippen molar-refractivity contribution in [2.45, 2.75) is 24.7 Å². The van der Waals surface area contributed by atoms with Gasteiger partial charge in [-0.25, -0.2) is 9.59 Å². The zero-order chi connectivity index (χ0) is 24.0. The summed E-state index contributed by atoms with van der Waals surface area (Å²) >= 11 is 0. The first-order valence-corrected chi connectivity index (χ1v) is 11.0. The Labute approximate surface area is 199 Å². The van der Waals surface area contributed by atoms with Crippen LogP contribution >= 0.6 is 0 Å². The molecule has 0 aliphatic rings. The van der Waals surface area contributed by atoms with Crippen LogP contribution in [0.25, 0.3) is 0 Å². The molecule has 0 N–H and O–H groups in total. The van der Waals surface area contributed by atoms with E-state index in [0.717, 1.165) is 16.7 Å². The van der Waals surface area contributed by atoms with Crippen molar-refractivity contribution in [2.24, 2.45) is 9.98 Å². The molecular formula is C30H24N2O2. The van der Waals surface area contributed by atoms with E-state index >= 15 is 0 Å². The standard InChI is InChI=1S/C30H24N2O2/c1-29(2,23-9-5-3-6-10-23)30(24-11-7-4-8-12-24,25-13-17-27(18-14-25)31-21-33)26-15-19-28(20-16-26)32-22-34/h3-20H,1-2H3. The zero-order valence-corrected chi connectivity index (χ0v) is 19.1. The molecular weight excluding hydrogens is 420 g/mol. The van der Waals surface area contributed by atoms with Gasteiger partial charge in [-0.1, -0.05) is 98.8 Å². The molecule has 0 amide bonds. The predicted molar refractivity (Wildman–Crippen MR) is 134 cm³/mol. The molecule has 0 radical (unpaired) electrons. The quantitative estimate of drug-likeness (QED) is 0.176. The highest BCUT2D eigenvalue weighted by Crippen LogP contribution is 2.53. The van der Waals surface area contributed by atoms with Crippen molar-refractivity contribution in [2.75, 3.05) is 0 Å². The molecule has 4 heteroatoms. The second kappa shape index (κ2) is 9.64. The molecule has 0 aliphatic heterocycles. The molecule has 0 aromatic heterocycles. The molecule has 4 aromatic rings. The van der Waals surface area contributed by atoms with Crippen molar-refractivity contribution in [3.05, 3.63) is 131 Å². The second-order valence-electron chi connectivity index (χ2n) is 8.61. The molecule has 34 heavy (non-hydrogen) atoms. The van der Waals surface area contributed by atoms with Gasteiger partial charge in [-0.05, 0) is 46.5 Å². The molecule has 0 heterocycles. The van der Waals surface area contributed by atoms with Crippen molar-refractivity contribution < 1.29 is 9.59 Å². The zero-order valence-electron chi connectivity index (χ0n) is 19.1. The van der Waals surface area contributed by atoms with Gasteiger partial charge in [-0.2, -0.15) is 9.98 Å². The van der Waals surface area contributed by atoms with Gasteiger partial charge in [0.1, 0.15) is 0 Å². The molecule has 0 fully saturated rings. The van der Waals surface area contributed by atoms with Crippen LogP contribution in [0, 0.1) is 0 Å². The number of rotatable bonds is 7. The third kappa shape index (κ3) is 3.93. The Balaban J connectivity index is 2.11. The van der Waals surface area contributed by atoms with Gasteiger partial charge in [0, 0.05) is 5.41 Å². The number of benzene rings is 4. The average Bonchev–Trinajstić information content (AvgIpc) is 2.88. The van der Waals surface area contributed by atoms with Gasteiger partial charge in [0.2, 0.25) is 12.2 Å². The van der Waals surface area contributed by atoms with E-state index in [1.54, 1.807) is 12.2 Å². The van der Waals surface area contributed by atoms with Gasteiger partial charge in [-0.3, -0.25) is 0 Å². The van der Waals surface area contributed by atoms with Gasteiger partial charge in [0.25, 0.3) is 0 Å². The number of hydrogen-bond donors (Lipinski definition) is 0. The molecule has 0 aliphatic carbocycles. The summed E-state index contributed by atoms with van der Waals surface area (Å²) in [7, 11) is 0. The molecule has 0 atom stereocenters. The normalized spacial score (nSPS) is 12.6. The Bertz CT molecular complexity index is 1290. The van der Waals surface area contributed by atoms with Gasteiger partial charge in [-0.15, -0.1) is 0 Å². The lowest BCUT2D eigenvalue weighted by atomic mass is 9.53. The van der Waals surface area contributed by atoms with E-state index in [0.29, 0.717) is 11.4 Å². The smallest absolute Gasteiger partial charge is 0.211 e. The molecule has 0 saturated heterocycles. The van der Waals surface area contributed by atoms with Crippen LogP contribution in [0.1, 0.15) is 36.1 Å². The fourth-order valence-electron chi connectivity index (χ4n) is 5.02. The first-order chi connectivity index (χ1) is 16.5. The predicted octanol–water partition coefficient (Wildman–Crippen LogP) is 6.93. The van der Waals surface area contributed by atoms with E-state index in [4.69, 9.17) is 0 Å². The van der Waals surface area contributed by atoms with Gasteiger partial charge >= 0.3 is 0 Å². The van der Waals surface area contributed by atoms with Crippen molar-refractivity contribution in [1.29, 1.82) is 0 Å². The Hall–Kier alpha value is -4.36. The number of hydrogen-bond acceptors (Lipinski definition) is 4. The van der Waals surface area contributed by atoms with Crippen LogP contribution in [-0.4, -0.2) is 12.2 Å². The highest BCUT2D eigenvalue weighted by Gasteiger charge is 2.50. The molecule has 4 aromatic carbocycles. The fourth-order valence-corrected chi connectivity index (χ4v) is 5.02. The van der Waals surface area contributed by atoms with Crippen molar-refractivity contribution in [1.82, 2.24) is 0 Å².